The molecule has 7 heteroatoms. The van der Waals surface area contributed by atoms with Gasteiger partial charge in [0.15, 0.2) is 0 Å². The summed E-state index contributed by atoms with van der Waals surface area (Å²) < 4.78 is 43.6. The molecule has 1 atom stereocenters. The van der Waals surface area contributed by atoms with Gasteiger partial charge in [-0.15, -0.1) is 0 Å². The molecule has 1 aliphatic rings. The molecule has 0 spiro atoms. The molecule has 1 heterocycles. The first-order chi connectivity index (χ1) is 11.2. The fourth-order valence-electron chi connectivity index (χ4n) is 2.67. The summed E-state index contributed by atoms with van der Waals surface area (Å²) in [4.78, 5) is 13.5. The average Bonchev–Trinajstić information content (AvgIpc) is 2.73. The molecule has 0 aromatic heterocycles. The van der Waals surface area contributed by atoms with Crippen LogP contribution in [-0.4, -0.2) is 13.0 Å². The smallest absolute Gasteiger partial charge is 0.416 e. The summed E-state index contributed by atoms with van der Waals surface area (Å²) in [6, 6.07) is 8.01. The predicted molar refractivity (Wildman–Crippen MR) is 84.8 cm³/mol. The summed E-state index contributed by atoms with van der Waals surface area (Å²) in [6.45, 7) is 1.82. The Kier molecular flexibility index (Phi) is 3.95. The molecule has 2 aromatic carbocycles. The Morgan fingerprint density at radius 1 is 1.17 bits per heavy atom. The molecule has 0 aliphatic carbocycles. The first-order valence-corrected chi connectivity index (χ1v) is 7.52. The largest absolute Gasteiger partial charge is 0.456 e. The summed E-state index contributed by atoms with van der Waals surface area (Å²) in [5.74, 6) is 0.261. The number of nitrogens with zero attached hydrogens (tertiary/aromatic N) is 1. The normalized spacial score (nSPS) is 17.2. The van der Waals surface area contributed by atoms with Crippen molar-refractivity contribution in [3.8, 4) is 11.5 Å². The summed E-state index contributed by atoms with van der Waals surface area (Å²) in [6.07, 6.45) is -4.46. The maximum absolute atomic E-state index is 12.7. The van der Waals surface area contributed by atoms with Gasteiger partial charge in [0.05, 0.1) is 22.2 Å². The average molecular weight is 356 g/mol. The van der Waals surface area contributed by atoms with Gasteiger partial charge in [0.1, 0.15) is 11.5 Å². The molecular weight excluding hydrogens is 343 g/mol. The zero-order valence-electron chi connectivity index (χ0n) is 12.8. The Hall–Kier alpha value is -2.21. The molecule has 0 N–H and O–H groups in total. The molecule has 3 nitrogen and oxygen atoms in total. The number of anilines is 1. The number of carbonyl (C=O) groups excluding carboxylic acids is 1. The molecule has 3 rings (SSSR count). The lowest BCUT2D eigenvalue weighted by atomic mass is 10.0. The summed E-state index contributed by atoms with van der Waals surface area (Å²) >= 11 is 5.89. The van der Waals surface area contributed by atoms with Gasteiger partial charge in [0.25, 0.3) is 0 Å². The van der Waals surface area contributed by atoms with E-state index < -0.39 is 11.7 Å². The van der Waals surface area contributed by atoms with Gasteiger partial charge in [-0.2, -0.15) is 13.2 Å². The zero-order valence-corrected chi connectivity index (χ0v) is 13.6. The van der Waals surface area contributed by atoms with Crippen LogP contribution in [0.4, 0.5) is 18.9 Å². The first kappa shape index (κ1) is 16.6. The fourth-order valence-corrected chi connectivity index (χ4v) is 2.89. The Bertz CT molecular complexity index is 820. The van der Waals surface area contributed by atoms with E-state index in [1.54, 1.807) is 25.2 Å². The molecule has 1 unspecified atom stereocenters. The first-order valence-electron chi connectivity index (χ1n) is 7.14. The van der Waals surface area contributed by atoms with Crippen LogP contribution in [0.3, 0.4) is 0 Å². The van der Waals surface area contributed by atoms with Crippen molar-refractivity contribution < 1.29 is 22.7 Å². The standard InChI is InChI=1S/C17H13ClF3NO2/c1-9-12-5-4-11(8-14(12)22(2)16(9)23)24-15-6-3-10(7-13(15)18)17(19,20)21/h3-9H,1-2H3. The Morgan fingerprint density at radius 2 is 1.88 bits per heavy atom. The number of halogens is 4. The third kappa shape index (κ3) is 2.82. The summed E-state index contributed by atoms with van der Waals surface area (Å²) in [5, 5.41) is -0.136. The lowest BCUT2D eigenvalue weighted by Gasteiger charge is -2.14. The number of hydrogen-bond acceptors (Lipinski definition) is 2. The van der Waals surface area contributed by atoms with Crippen LogP contribution in [0, 0.1) is 0 Å². The van der Waals surface area contributed by atoms with E-state index in [0.717, 1.165) is 17.7 Å². The SMILES string of the molecule is CC1C(=O)N(C)c2cc(Oc3ccc(C(F)(F)F)cc3Cl)ccc21. The third-order valence-electron chi connectivity index (χ3n) is 4.02. The van der Waals surface area contributed by atoms with Crippen molar-refractivity contribution in [3.63, 3.8) is 0 Å². The molecule has 0 bridgehead atoms. The van der Waals surface area contributed by atoms with Crippen LogP contribution in [0.15, 0.2) is 36.4 Å². The van der Waals surface area contributed by atoms with E-state index in [2.05, 4.69) is 0 Å². The van der Waals surface area contributed by atoms with E-state index in [0.29, 0.717) is 11.4 Å². The number of alkyl halides is 3. The minimum atomic E-state index is -4.46. The van der Waals surface area contributed by atoms with Crippen molar-refractivity contribution in [2.24, 2.45) is 0 Å². The van der Waals surface area contributed by atoms with E-state index in [-0.39, 0.29) is 22.6 Å². The second-order valence-electron chi connectivity index (χ2n) is 5.58. The predicted octanol–water partition coefficient (Wildman–Crippen LogP) is 5.23. The molecule has 2 aromatic rings. The van der Waals surface area contributed by atoms with Gasteiger partial charge >= 0.3 is 6.18 Å². The van der Waals surface area contributed by atoms with Crippen LogP contribution in [0.5, 0.6) is 11.5 Å². The van der Waals surface area contributed by atoms with E-state index in [1.807, 2.05) is 6.92 Å². The van der Waals surface area contributed by atoms with Crippen LogP contribution < -0.4 is 9.64 Å². The molecule has 24 heavy (non-hydrogen) atoms. The monoisotopic (exact) mass is 355 g/mol. The fraction of sp³-hybridized carbons (Fsp3) is 0.235. The van der Waals surface area contributed by atoms with Gasteiger partial charge in [-0.25, -0.2) is 0 Å². The van der Waals surface area contributed by atoms with E-state index in [1.165, 1.54) is 11.0 Å². The van der Waals surface area contributed by atoms with Crippen LogP contribution in [0.1, 0.15) is 24.0 Å². The number of rotatable bonds is 2. The molecule has 0 saturated heterocycles. The van der Waals surface area contributed by atoms with E-state index >= 15 is 0 Å². The minimum Gasteiger partial charge on any atom is -0.456 e. The van der Waals surface area contributed by atoms with Crippen LogP contribution >= 0.6 is 11.6 Å². The number of benzene rings is 2. The molecule has 126 valence electrons. The maximum atomic E-state index is 12.7. The number of likely N-dealkylation sites (N-methyl/N-ethyl adjacent to an activating group) is 1. The van der Waals surface area contributed by atoms with Gasteiger partial charge in [0, 0.05) is 13.1 Å². The molecule has 1 aliphatic heterocycles. The zero-order chi connectivity index (χ0) is 17.6. The lowest BCUT2D eigenvalue weighted by Crippen LogP contribution is -2.22. The van der Waals surface area contributed by atoms with Crippen molar-refractivity contribution >= 4 is 23.2 Å². The number of fused-ring (bicyclic) bond motifs is 1. The second kappa shape index (κ2) is 5.70. The highest BCUT2D eigenvalue weighted by Gasteiger charge is 2.32. The Labute approximate surface area is 141 Å². The topological polar surface area (TPSA) is 29.5 Å². The molecule has 0 fully saturated rings. The summed E-state index contributed by atoms with van der Waals surface area (Å²) in [5.41, 5.74) is 0.759. The van der Waals surface area contributed by atoms with Gasteiger partial charge in [-0.05, 0) is 36.8 Å². The van der Waals surface area contributed by atoms with E-state index in [9.17, 15) is 18.0 Å². The van der Waals surface area contributed by atoms with Gasteiger partial charge in [-0.3, -0.25) is 4.79 Å². The van der Waals surface area contributed by atoms with Gasteiger partial charge in [0.2, 0.25) is 5.91 Å². The maximum Gasteiger partial charge on any atom is 0.416 e. The van der Waals surface area contributed by atoms with E-state index in [4.69, 9.17) is 16.3 Å². The molecule has 0 saturated carbocycles. The lowest BCUT2D eigenvalue weighted by molar-refractivity contribution is -0.137. The van der Waals surface area contributed by atoms with Crippen molar-refractivity contribution in [3.05, 3.63) is 52.5 Å². The number of hydrogen-bond donors (Lipinski definition) is 0. The quantitative estimate of drug-likeness (QED) is 0.738. The molecule has 1 amide bonds. The molecule has 0 radical (unpaired) electrons. The van der Waals surface area contributed by atoms with Crippen molar-refractivity contribution in [1.82, 2.24) is 0 Å². The van der Waals surface area contributed by atoms with Crippen LogP contribution in [0.2, 0.25) is 5.02 Å². The number of amides is 1. The van der Waals surface area contributed by atoms with Gasteiger partial charge < -0.3 is 9.64 Å². The van der Waals surface area contributed by atoms with Gasteiger partial charge in [-0.1, -0.05) is 17.7 Å². The number of ether oxygens (including phenoxy) is 1. The van der Waals surface area contributed by atoms with Crippen LogP contribution in [-0.2, 0) is 11.0 Å². The van der Waals surface area contributed by atoms with Crippen LogP contribution in [0.25, 0.3) is 0 Å². The third-order valence-corrected chi connectivity index (χ3v) is 4.31. The highest BCUT2D eigenvalue weighted by Crippen LogP contribution is 2.41. The molecular formula is C17H13ClF3NO2. The highest BCUT2D eigenvalue weighted by atomic mass is 35.5. The number of carbonyl (C=O) groups is 1. The Morgan fingerprint density at radius 3 is 2.50 bits per heavy atom. The second-order valence-corrected chi connectivity index (χ2v) is 5.99. The van der Waals surface area contributed by atoms with Crippen molar-refractivity contribution in [2.45, 2.75) is 19.0 Å². The summed E-state index contributed by atoms with van der Waals surface area (Å²) in [7, 11) is 1.67. The Balaban J connectivity index is 1.90. The highest BCUT2D eigenvalue weighted by molar-refractivity contribution is 6.32. The minimum absolute atomic E-state index is 0.0188. The van der Waals surface area contributed by atoms with Crippen molar-refractivity contribution in [2.75, 3.05) is 11.9 Å². The van der Waals surface area contributed by atoms with Crippen molar-refractivity contribution in [1.29, 1.82) is 0 Å².